The number of hydrogen-bond donors (Lipinski definition) is 2. The largest absolute Gasteiger partial charge is 0.480 e. The number of carboxylic acids is 1. The van der Waals surface area contributed by atoms with Gasteiger partial charge in [0.05, 0.1) is 4.90 Å². The topological polar surface area (TPSA) is 92.7 Å². The molecule has 2 N–H and O–H groups in total. The Morgan fingerprint density at radius 2 is 2.05 bits per heavy atom. The van der Waals surface area contributed by atoms with E-state index in [1.54, 1.807) is 19.9 Å². The first kappa shape index (κ1) is 17.6. The van der Waals surface area contributed by atoms with E-state index in [9.17, 15) is 13.2 Å². The summed E-state index contributed by atoms with van der Waals surface area (Å²) in [5, 5.41) is 9.14. The molecule has 21 heavy (non-hydrogen) atoms. The summed E-state index contributed by atoms with van der Waals surface area (Å²) >= 11 is 0. The molecule has 0 aromatic heterocycles. The lowest BCUT2D eigenvalue weighted by atomic mass is 10.2. The molecule has 0 heterocycles. The minimum Gasteiger partial charge on any atom is -0.480 e. The van der Waals surface area contributed by atoms with Crippen LogP contribution in [-0.2, 0) is 19.6 Å². The zero-order valence-corrected chi connectivity index (χ0v) is 13.2. The highest BCUT2D eigenvalue weighted by Gasteiger charge is 2.26. The van der Waals surface area contributed by atoms with Gasteiger partial charge in [0.2, 0.25) is 10.0 Å². The van der Waals surface area contributed by atoms with Gasteiger partial charge in [0.15, 0.2) is 0 Å². The number of nitrogens with one attached hydrogen (secondary N) is 1. The van der Waals surface area contributed by atoms with Gasteiger partial charge in [0.1, 0.15) is 6.04 Å². The van der Waals surface area contributed by atoms with Gasteiger partial charge in [0, 0.05) is 13.7 Å². The minimum atomic E-state index is -3.87. The van der Waals surface area contributed by atoms with E-state index in [0.717, 1.165) is 5.56 Å². The van der Waals surface area contributed by atoms with Gasteiger partial charge in [-0.15, -0.1) is 0 Å². The van der Waals surface area contributed by atoms with Crippen LogP contribution >= 0.6 is 0 Å². The van der Waals surface area contributed by atoms with Crippen LogP contribution < -0.4 is 4.72 Å². The average molecular weight is 315 g/mol. The van der Waals surface area contributed by atoms with Crippen molar-refractivity contribution in [3.63, 3.8) is 0 Å². The van der Waals surface area contributed by atoms with Gasteiger partial charge >= 0.3 is 5.97 Å². The molecule has 0 aliphatic heterocycles. The van der Waals surface area contributed by atoms with E-state index in [2.05, 4.69) is 4.72 Å². The molecule has 1 aromatic rings. The van der Waals surface area contributed by atoms with E-state index in [0.29, 0.717) is 18.6 Å². The molecule has 0 aliphatic rings. The van der Waals surface area contributed by atoms with Crippen LogP contribution in [0.15, 0.2) is 23.1 Å². The minimum absolute atomic E-state index is 0.112. The maximum absolute atomic E-state index is 12.3. The molecule has 0 radical (unpaired) electrons. The van der Waals surface area contributed by atoms with Crippen LogP contribution in [0.3, 0.4) is 0 Å². The summed E-state index contributed by atoms with van der Waals surface area (Å²) in [4.78, 5) is 11.3. The van der Waals surface area contributed by atoms with Crippen molar-refractivity contribution < 1.29 is 23.1 Å². The highest BCUT2D eigenvalue weighted by molar-refractivity contribution is 7.89. The number of methoxy groups -OCH3 is 1. The third-order valence-electron chi connectivity index (χ3n) is 3.07. The summed E-state index contributed by atoms with van der Waals surface area (Å²) in [7, 11) is -2.36. The fraction of sp³-hybridized carbons (Fsp3) is 0.500. The fourth-order valence-corrected chi connectivity index (χ4v) is 3.47. The highest BCUT2D eigenvalue weighted by atomic mass is 32.2. The van der Waals surface area contributed by atoms with Gasteiger partial charge in [-0.1, -0.05) is 12.1 Å². The second-order valence-electron chi connectivity index (χ2n) is 4.92. The quantitative estimate of drug-likeness (QED) is 0.709. The molecule has 0 fully saturated rings. The monoisotopic (exact) mass is 315 g/mol. The molecule has 1 rings (SSSR count). The van der Waals surface area contributed by atoms with Crippen molar-refractivity contribution >= 4 is 16.0 Å². The Morgan fingerprint density at radius 1 is 1.38 bits per heavy atom. The van der Waals surface area contributed by atoms with Crippen molar-refractivity contribution in [3.05, 3.63) is 29.3 Å². The number of rotatable bonds is 8. The first-order valence-electron chi connectivity index (χ1n) is 6.59. The number of aryl methyl sites for hydroxylation is 2. The van der Waals surface area contributed by atoms with Crippen molar-refractivity contribution in [2.75, 3.05) is 13.7 Å². The molecule has 1 unspecified atom stereocenters. The van der Waals surface area contributed by atoms with E-state index >= 15 is 0 Å². The first-order chi connectivity index (χ1) is 9.77. The molecule has 0 saturated heterocycles. The van der Waals surface area contributed by atoms with Crippen molar-refractivity contribution in [1.82, 2.24) is 4.72 Å². The number of ether oxygens (including phenoxy) is 1. The zero-order chi connectivity index (χ0) is 16.0. The van der Waals surface area contributed by atoms with Crippen LogP contribution in [0.5, 0.6) is 0 Å². The van der Waals surface area contributed by atoms with Gasteiger partial charge in [-0.25, -0.2) is 8.42 Å². The zero-order valence-electron chi connectivity index (χ0n) is 12.4. The van der Waals surface area contributed by atoms with Crippen LogP contribution in [0.25, 0.3) is 0 Å². The summed E-state index contributed by atoms with van der Waals surface area (Å²) in [6.45, 7) is 3.84. The Bertz CT molecular complexity index is 597. The smallest absolute Gasteiger partial charge is 0.321 e. The second kappa shape index (κ2) is 7.53. The molecule has 0 amide bonds. The highest BCUT2D eigenvalue weighted by Crippen LogP contribution is 2.17. The van der Waals surface area contributed by atoms with E-state index in [4.69, 9.17) is 9.84 Å². The van der Waals surface area contributed by atoms with Gasteiger partial charge in [0.25, 0.3) is 0 Å². The molecule has 1 aromatic carbocycles. The summed E-state index contributed by atoms with van der Waals surface area (Å²) in [5.74, 6) is -1.19. The van der Waals surface area contributed by atoms with Crippen LogP contribution in [0.1, 0.15) is 24.0 Å². The van der Waals surface area contributed by atoms with E-state index in [-0.39, 0.29) is 11.3 Å². The maximum Gasteiger partial charge on any atom is 0.321 e. The molecule has 1 atom stereocenters. The normalized spacial score (nSPS) is 13.1. The lowest BCUT2D eigenvalue weighted by molar-refractivity contribution is -0.139. The standard InChI is InChI=1S/C14H21NO5S/c1-10-6-7-11(2)13(9-10)21(18,19)15-12(14(16)17)5-4-8-20-3/h6-7,9,12,15H,4-5,8H2,1-3H3,(H,16,17). The van der Waals surface area contributed by atoms with E-state index < -0.39 is 22.0 Å². The van der Waals surface area contributed by atoms with Crippen LogP contribution in [0.4, 0.5) is 0 Å². The van der Waals surface area contributed by atoms with E-state index in [1.807, 2.05) is 6.07 Å². The predicted octanol–water partition coefficient (Wildman–Crippen LogP) is 1.46. The number of benzene rings is 1. The Kier molecular flexibility index (Phi) is 6.32. The molecule has 7 heteroatoms. The van der Waals surface area contributed by atoms with Crippen LogP contribution in [0, 0.1) is 13.8 Å². The average Bonchev–Trinajstić information content (AvgIpc) is 2.40. The number of carboxylic acid groups (broad SMARTS) is 1. The molecule has 6 nitrogen and oxygen atoms in total. The number of carbonyl (C=O) groups is 1. The van der Waals surface area contributed by atoms with Gasteiger partial charge in [-0.3, -0.25) is 4.79 Å². The van der Waals surface area contributed by atoms with Gasteiger partial charge < -0.3 is 9.84 Å². The number of aliphatic carboxylic acids is 1. The third-order valence-corrected chi connectivity index (χ3v) is 4.68. The SMILES string of the molecule is COCCCC(NS(=O)(=O)c1cc(C)ccc1C)C(=O)O. The number of hydrogen-bond acceptors (Lipinski definition) is 4. The van der Waals surface area contributed by atoms with Crippen molar-refractivity contribution in [1.29, 1.82) is 0 Å². The molecule has 0 spiro atoms. The Balaban J connectivity index is 2.95. The lowest BCUT2D eigenvalue weighted by Crippen LogP contribution is -2.41. The van der Waals surface area contributed by atoms with Crippen molar-refractivity contribution in [2.45, 2.75) is 37.6 Å². The molecular weight excluding hydrogens is 294 g/mol. The Labute approximate surface area is 125 Å². The van der Waals surface area contributed by atoms with Crippen LogP contribution in [-0.4, -0.2) is 39.3 Å². The molecular formula is C14H21NO5S. The lowest BCUT2D eigenvalue weighted by Gasteiger charge is -2.16. The van der Waals surface area contributed by atoms with E-state index in [1.165, 1.54) is 13.2 Å². The Morgan fingerprint density at radius 3 is 2.62 bits per heavy atom. The summed E-state index contributed by atoms with van der Waals surface area (Å²) < 4.78 is 31.8. The maximum atomic E-state index is 12.3. The molecule has 118 valence electrons. The summed E-state index contributed by atoms with van der Waals surface area (Å²) in [6, 6.07) is 3.88. The molecule has 0 aliphatic carbocycles. The molecule has 0 bridgehead atoms. The van der Waals surface area contributed by atoms with Crippen molar-refractivity contribution in [3.8, 4) is 0 Å². The van der Waals surface area contributed by atoms with Crippen molar-refractivity contribution in [2.24, 2.45) is 0 Å². The third kappa shape index (κ3) is 5.11. The number of sulfonamides is 1. The fourth-order valence-electron chi connectivity index (χ4n) is 1.91. The predicted molar refractivity (Wildman–Crippen MR) is 78.8 cm³/mol. The van der Waals surface area contributed by atoms with Crippen LogP contribution in [0.2, 0.25) is 0 Å². The molecule has 0 saturated carbocycles. The first-order valence-corrected chi connectivity index (χ1v) is 8.07. The summed E-state index contributed by atoms with van der Waals surface area (Å²) in [6.07, 6.45) is 0.635. The Hall–Kier alpha value is -1.44. The van der Waals surface area contributed by atoms with Gasteiger partial charge in [-0.05, 0) is 43.9 Å². The van der Waals surface area contributed by atoms with Gasteiger partial charge in [-0.2, -0.15) is 4.72 Å². The second-order valence-corrected chi connectivity index (χ2v) is 6.60. The summed E-state index contributed by atoms with van der Waals surface area (Å²) in [5.41, 5.74) is 1.38.